The van der Waals surface area contributed by atoms with Gasteiger partial charge in [-0.05, 0) is 42.5 Å². The van der Waals surface area contributed by atoms with Crippen LogP contribution in [0.25, 0.3) is 0 Å². The van der Waals surface area contributed by atoms with Crippen molar-refractivity contribution in [2.45, 2.75) is 31.5 Å². The molecule has 0 heterocycles. The van der Waals surface area contributed by atoms with Crippen LogP contribution in [-0.2, 0) is 6.42 Å². The standard InChI is InChI=1S/C12H14ClFO2/c13-9-3-4-10(14)8(5-9)6-11(15)12(16)7-1-2-7/h3-5,7,11-12,15-16H,1-2,6H2. The summed E-state index contributed by atoms with van der Waals surface area (Å²) >= 11 is 5.74. The third kappa shape index (κ3) is 2.73. The first-order chi connectivity index (χ1) is 7.58. The molecule has 2 N–H and O–H groups in total. The Balaban J connectivity index is 2.04. The van der Waals surface area contributed by atoms with Crippen LogP contribution >= 0.6 is 11.6 Å². The molecule has 1 fully saturated rings. The van der Waals surface area contributed by atoms with E-state index in [0.29, 0.717) is 10.6 Å². The molecule has 0 aromatic heterocycles. The van der Waals surface area contributed by atoms with Crippen molar-refractivity contribution in [3.05, 3.63) is 34.6 Å². The van der Waals surface area contributed by atoms with Gasteiger partial charge in [0.2, 0.25) is 0 Å². The fraction of sp³-hybridized carbons (Fsp3) is 0.500. The van der Waals surface area contributed by atoms with E-state index < -0.39 is 18.0 Å². The van der Waals surface area contributed by atoms with Gasteiger partial charge in [-0.15, -0.1) is 0 Å². The van der Waals surface area contributed by atoms with Crippen molar-refractivity contribution in [1.82, 2.24) is 0 Å². The summed E-state index contributed by atoms with van der Waals surface area (Å²) < 4.78 is 13.4. The van der Waals surface area contributed by atoms with Crippen molar-refractivity contribution in [1.29, 1.82) is 0 Å². The minimum atomic E-state index is -0.916. The van der Waals surface area contributed by atoms with Gasteiger partial charge in [-0.1, -0.05) is 11.6 Å². The first-order valence-electron chi connectivity index (χ1n) is 5.38. The number of halogens is 2. The molecule has 1 aliphatic carbocycles. The second-order valence-electron chi connectivity index (χ2n) is 4.34. The monoisotopic (exact) mass is 244 g/mol. The zero-order valence-electron chi connectivity index (χ0n) is 8.74. The zero-order chi connectivity index (χ0) is 11.7. The van der Waals surface area contributed by atoms with E-state index in [0.717, 1.165) is 12.8 Å². The molecule has 1 aromatic carbocycles. The molecule has 4 heteroatoms. The molecule has 2 nitrogen and oxygen atoms in total. The number of benzene rings is 1. The summed E-state index contributed by atoms with van der Waals surface area (Å²) in [7, 11) is 0. The maximum Gasteiger partial charge on any atom is 0.126 e. The molecule has 0 bridgehead atoms. The van der Waals surface area contributed by atoms with E-state index in [2.05, 4.69) is 0 Å². The van der Waals surface area contributed by atoms with Crippen molar-refractivity contribution in [2.75, 3.05) is 0 Å². The van der Waals surface area contributed by atoms with E-state index in [1.54, 1.807) is 0 Å². The summed E-state index contributed by atoms with van der Waals surface area (Å²) in [6.07, 6.45) is 0.315. The lowest BCUT2D eigenvalue weighted by molar-refractivity contribution is 0.00632. The lowest BCUT2D eigenvalue weighted by Gasteiger charge is -2.17. The molecule has 1 aliphatic rings. The Morgan fingerprint density at radius 3 is 2.69 bits per heavy atom. The van der Waals surface area contributed by atoms with Crippen LogP contribution in [0, 0.1) is 11.7 Å². The van der Waals surface area contributed by atoms with Crippen LogP contribution in [0.1, 0.15) is 18.4 Å². The van der Waals surface area contributed by atoms with E-state index in [1.807, 2.05) is 0 Å². The van der Waals surface area contributed by atoms with E-state index in [1.165, 1.54) is 18.2 Å². The molecule has 2 rings (SSSR count). The normalized spacial score (nSPS) is 19.5. The smallest absolute Gasteiger partial charge is 0.126 e. The molecule has 0 saturated heterocycles. The van der Waals surface area contributed by atoms with Gasteiger partial charge in [0.15, 0.2) is 0 Å². The maximum atomic E-state index is 13.4. The van der Waals surface area contributed by atoms with Crippen molar-refractivity contribution in [3.8, 4) is 0 Å². The molecular weight excluding hydrogens is 231 g/mol. The Labute approximate surface area is 98.7 Å². The molecule has 0 radical (unpaired) electrons. The molecular formula is C12H14ClFO2. The molecule has 1 aromatic rings. The summed E-state index contributed by atoms with van der Waals surface area (Å²) in [6, 6.07) is 4.22. The van der Waals surface area contributed by atoms with Crippen molar-refractivity contribution < 1.29 is 14.6 Å². The highest BCUT2D eigenvalue weighted by Gasteiger charge is 2.34. The SMILES string of the molecule is OC(Cc1cc(Cl)ccc1F)C(O)C1CC1. The molecule has 1 saturated carbocycles. The number of aliphatic hydroxyl groups is 2. The van der Waals surface area contributed by atoms with Crippen LogP contribution in [0.3, 0.4) is 0 Å². The summed E-state index contributed by atoms with van der Waals surface area (Å²) in [5.74, 6) is -0.219. The summed E-state index contributed by atoms with van der Waals surface area (Å²) in [4.78, 5) is 0. The number of hydrogen-bond donors (Lipinski definition) is 2. The second kappa shape index (κ2) is 4.70. The Morgan fingerprint density at radius 2 is 2.06 bits per heavy atom. The number of aliphatic hydroxyl groups excluding tert-OH is 2. The van der Waals surface area contributed by atoms with Gasteiger partial charge in [-0.2, -0.15) is 0 Å². The highest BCUT2D eigenvalue weighted by Crippen LogP contribution is 2.34. The molecule has 0 aliphatic heterocycles. The highest BCUT2D eigenvalue weighted by molar-refractivity contribution is 6.30. The highest BCUT2D eigenvalue weighted by atomic mass is 35.5. The predicted octanol–water partition coefficient (Wildman–Crippen LogP) is 2.15. The van der Waals surface area contributed by atoms with Crippen LogP contribution in [-0.4, -0.2) is 22.4 Å². The van der Waals surface area contributed by atoms with Gasteiger partial charge in [0, 0.05) is 11.4 Å². The van der Waals surface area contributed by atoms with E-state index in [9.17, 15) is 14.6 Å². The van der Waals surface area contributed by atoms with E-state index in [4.69, 9.17) is 11.6 Å². The predicted molar refractivity (Wildman–Crippen MR) is 59.9 cm³/mol. The average molecular weight is 245 g/mol. The van der Waals surface area contributed by atoms with Crippen LogP contribution in [0.2, 0.25) is 5.02 Å². The number of rotatable bonds is 4. The van der Waals surface area contributed by atoms with Crippen LogP contribution in [0.4, 0.5) is 4.39 Å². The van der Waals surface area contributed by atoms with Gasteiger partial charge in [0.05, 0.1) is 12.2 Å². The lowest BCUT2D eigenvalue weighted by Crippen LogP contribution is -2.30. The zero-order valence-corrected chi connectivity index (χ0v) is 9.49. The third-order valence-corrected chi connectivity index (χ3v) is 3.17. The fourth-order valence-corrected chi connectivity index (χ4v) is 1.99. The Morgan fingerprint density at radius 1 is 1.38 bits per heavy atom. The van der Waals surface area contributed by atoms with Gasteiger partial charge in [-0.25, -0.2) is 4.39 Å². The molecule has 0 amide bonds. The largest absolute Gasteiger partial charge is 0.390 e. The summed E-state index contributed by atoms with van der Waals surface area (Å²) in [5, 5.41) is 19.8. The van der Waals surface area contributed by atoms with E-state index in [-0.39, 0.29) is 12.3 Å². The summed E-state index contributed by atoms with van der Waals surface area (Å²) in [5.41, 5.74) is 0.347. The fourth-order valence-electron chi connectivity index (χ4n) is 1.80. The Hall–Kier alpha value is -0.640. The topological polar surface area (TPSA) is 40.5 Å². The van der Waals surface area contributed by atoms with Gasteiger partial charge in [-0.3, -0.25) is 0 Å². The first-order valence-corrected chi connectivity index (χ1v) is 5.76. The average Bonchev–Trinajstić information content (AvgIpc) is 3.06. The maximum absolute atomic E-state index is 13.4. The van der Waals surface area contributed by atoms with Gasteiger partial charge >= 0.3 is 0 Å². The van der Waals surface area contributed by atoms with Crippen LogP contribution in [0.5, 0.6) is 0 Å². The molecule has 0 spiro atoms. The van der Waals surface area contributed by atoms with Crippen molar-refractivity contribution in [2.24, 2.45) is 5.92 Å². The molecule has 2 unspecified atom stereocenters. The van der Waals surface area contributed by atoms with Gasteiger partial charge in [0.1, 0.15) is 5.82 Å². The lowest BCUT2D eigenvalue weighted by atomic mass is 10.0. The molecule has 16 heavy (non-hydrogen) atoms. The van der Waals surface area contributed by atoms with Gasteiger partial charge < -0.3 is 10.2 Å². The molecule has 2 atom stereocenters. The quantitative estimate of drug-likeness (QED) is 0.852. The third-order valence-electron chi connectivity index (χ3n) is 2.94. The first kappa shape index (κ1) is 11.8. The summed E-state index contributed by atoms with van der Waals surface area (Å²) in [6.45, 7) is 0. The van der Waals surface area contributed by atoms with Gasteiger partial charge in [0.25, 0.3) is 0 Å². The Bertz CT molecular complexity index is 379. The van der Waals surface area contributed by atoms with Crippen LogP contribution in [0.15, 0.2) is 18.2 Å². The van der Waals surface area contributed by atoms with Crippen LogP contribution < -0.4 is 0 Å². The van der Waals surface area contributed by atoms with Crippen molar-refractivity contribution in [3.63, 3.8) is 0 Å². The minimum absolute atomic E-state index is 0.101. The van der Waals surface area contributed by atoms with Crippen molar-refractivity contribution >= 4 is 11.6 Å². The number of hydrogen-bond acceptors (Lipinski definition) is 2. The van der Waals surface area contributed by atoms with E-state index >= 15 is 0 Å². The minimum Gasteiger partial charge on any atom is -0.390 e. The Kier molecular flexibility index (Phi) is 3.47. The molecule has 88 valence electrons. The second-order valence-corrected chi connectivity index (χ2v) is 4.77.